The maximum Gasteiger partial charge on any atom is 0.142 e. The van der Waals surface area contributed by atoms with Crippen molar-refractivity contribution in [3.8, 4) is 6.07 Å². The fraction of sp³-hybridized carbons (Fsp3) is 0. The van der Waals surface area contributed by atoms with E-state index in [9.17, 15) is 0 Å². The number of fused-ring (bicyclic) bond motifs is 1. The molecule has 68 valence electrons. The Hall–Kier alpha value is -1.30. The van der Waals surface area contributed by atoms with Crippen molar-refractivity contribution in [1.29, 1.82) is 5.26 Å². The minimum absolute atomic E-state index is 0.268. The second-order valence-corrected chi connectivity index (χ2v) is 3.51. The molecule has 0 aliphatic carbocycles. The lowest BCUT2D eigenvalue weighted by molar-refractivity contribution is 1.29. The van der Waals surface area contributed by atoms with Crippen LogP contribution in [0.2, 0.25) is 10.2 Å². The van der Waals surface area contributed by atoms with E-state index in [-0.39, 0.29) is 5.15 Å². The minimum atomic E-state index is 0.268. The molecule has 0 atom stereocenters. The number of hydrogen-bond acceptors (Lipinski definition) is 2. The summed E-state index contributed by atoms with van der Waals surface area (Å²) in [5.41, 5.74) is 0.296. The van der Waals surface area contributed by atoms with Crippen molar-refractivity contribution >= 4 is 34.0 Å². The van der Waals surface area contributed by atoms with Crippen LogP contribution in [-0.2, 0) is 0 Å². The Kier molecular flexibility index (Phi) is 2.28. The molecule has 0 bridgehead atoms. The summed E-state index contributed by atoms with van der Waals surface area (Å²) in [4.78, 5) is 3.90. The Morgan fingerprint density at radius 2 is 2.07 bits per heavy atom. The largest absolute Gasteiger partial charge is 0.225 e. The van der Waals surface area contributed by atoms with Gasteiger partial charge in [-0.05, 0) is 17.5 Å². The Labute approximate surface area is 90.7 Å². The molecule has 0 fully saturated rings. The number of nitriles is 1. The molecule has 0 aliphatic rings. The van der Waals surface area contributed by atoms with Crippen molar-refractivity contribution in [3.05, 3.63) is 40.1 Å². The van der Waals surface area contributed by atoms with Gasteiger partial charge in [0.2, 0.25) is 0 Å². The predicted molar refractivity (Wildman–Crippen MR) is 56.5 cm³/mol. The van der Waals surface area contributed by atoms with Gasteiger partial charge in [-0.15, -0.1) is 0 Å². The maximum absolute atomic E-state index is 8.69. The SMILES string of the molecule is N#Cc1cc2cccc(Cl)c2c(Cl)n1. The Balaban J connectivity index is 2.91. The molecule has 1 aromatic carbocycles. The third-order valence-electron chi connectivity index (χ3n) is 1.88. The fourth-order valence-electron chi connectivity index (χ4n) is 1.28. The highest BCUT2D eigenvalue weighted by Crippen LogP contribution is 2.29. The molecule has 1 heterocycles. The van der Waals surface area contributed by atoms with Crippen molar-refractivity contribution in [2.75, 3.05) is 0 Å². The molecule has 0 saturated heterocycles. The highest BCUT2D eigenvalue weighted by Gasteiger charge is 2.06. The molecule has 0 spiro atoms. The molecular weight excluding hydrogens is 219 g/mol. The van der Waals surface area contributed by atoms with Gasteiger partial charge >= 0.3 is 0 Å². The van der Waals surface area contributed by atoms with Crippen LogP contribution in [0.4, 0.5) is 0 Å². The molecule has 4 heteroatoms. The van der Waals surface area contributed by atoms with E-state index < -0.39 is 0 Å². The van der Waals surface area contributed by atoms with Crippen molar-refractivity contribution < 1.29 is 0 Å². The molecule has 0 N–H and O–H groups in total. The van der Waals surface area contributed by atoms with E-state index in [1.807, 2.05) is 18.2 Å². The van der Waals surface area contributed by atoms with Crippen LogP contribution < -0.4 is 0 Å². The smallest absolute Gasteiger partial charge is 0.142 e. The van der Waals surface area contributed by atoms with Gasteiger partial charge in [-0.25, -0.2) is 4.98 Å². The van der Waals surface area contributed by atoms with Crippen molar-refractivity contribution in [1.82, 2.24) is 4.98 Å². The quantitative estimate of drug-likeness (QED) is 0.641. The molecule has 1 aromatic heterocycles. The molecule has 2 rings (SSSR count). The van der Waals surface area contributed by atoms with E-state index >= 15 is 0 Å². The normalized spacial score (nSPS) is 10.1. The number of aromatic nitrogens is 1. The number of pyridine rings is 1. The Morgan fingerprint density at radius 1 is 1.29 bits per heavy atom. The fourth-order valence-corrected chi connectivity index (χ4v) is 1.90. The summed E-state index contributed by atoms with van der Waals surface area (Å²) in [6.45, 7) is 0. The van der Waals surface area contributed by atoms with Gasteiger partial charge < -0.3 is 0 Å². The zero-order valence-electron chi connectivity index (χ0n) is 6.96. The van der Waals surface area contributed by atoms with Crippen molar-refractivity contribution in [2.45, 2.75) is 0 Å². The Bertz CT molecular complexity index is 544. The summed E-state index contributed by atoms with van der Waals surface area (Å²) >= 11 is 11.9. The summed E-state index contributed by atoms with van der Waals surface area (Å²) in [5, 5.41) is 11.0. The number of nitrogens with zero attached hydrogens (tertiary/aromatic N) is 2. The van der Waals surface area contributed by atoms with Crippen LogP contribution in [0.15, 0.2) is 24.3 Å². The van der Waals surface area contributed by atoms with Crippen LogP contribution in [0, 0.1) is 11.3 Å². The first kappa shape index (κ1) is 9.26. The molecular formula is C10H4Cl2N2. The summed E-state index contributed by atoms with van der Waals surface area (Å²) in [7, 11) is 0. The Morgan fingerprint density at radius 3 is 2.79 bits per heavy atom. The van der Waals surface area contributed by atoms with Crippen molar-refractivity contribution in [3.63, 3.8) is 0 Å². The number of halogens is 2. The summed E-state index contributed by atoms with van der Waals surface area (Å²) in [5.74, 6) is 0. The maximum atomic E-state index is 8.69. The highest BCUT2D eigenvalue weighted by molar-refractivity contribution is 6.41. The first-order valence-electron chi connectivity index (χ1n) is 3.87. The van der Waals surface area contributed by atoms with E-state index in [2.05, 4.69) is 4.98 Å². The molecule has 0 unspecified atom stereocenters. The first-order chi connectivity index (χ1) is 6.72. The van der Waals surface area contributed by atoms with Crippen LogP contribution in [0.5, 0.6) is 0 Å². The number of benzene rings is 1. The van der Waals surface area contributed by atoms with Crippen LogP contribution in [0.1, 0.15) is 5.69 Å². The van der Waals surface area contributed by atoms with Gasteiger partial charge in [-0.1, -0.05) is 35.3 Å². The third kappa shape index (κ3) is 1.41. The van der Waals surface area contributed by atoms with E-state index in [4.69, 9.17) is 28.5 Å². The molecule has 0 saturated carbocycles. The second kappa shape index (κ2) is 3.45. The average Bonchev–Trinajstić information content (AvgIpc) is 2.17. The zero-order valence-corrected chi connectivity index (χ0v) is 8.47. The van der Waals surface area contributed by atoms with Gasteiger partial charge in [0.1, 0.15) is 16.9 Å². The zero-order chi connectivity index (χ0) is 10.1. The molecule has 14 heavy (non-hydrogen) atoms. The molecule has 0 radical (unpaired) electrons. The van der Waals surface area contributed by atoms with E-state index in [0.717, 1.165) is 5.39 Å². The van der Waals surface area contributed by atoms with Crippen molar-refractivity contribution in [2.24, 2.45) is 0 Å². The number of hydrogen-bond donors (Lipinski definition) is 0. The molecule has 0 amide bonds. The monoisotopic (exact) mass is 222 g/mol. The van der Waals surface area contributed by atoms with Gasteiger partial charge in [0.05, 0.1) is 5.02 Å². The summed E-state index contributed by atoms with van der Waals surface area (Å²) < 4.78 is 0. The van der Waals surface area contributed by atoms with Gasteiger partial charge in [-0.3, -0.25) is 0 Å². The standard InChI is InChI=1S/C10H4Cl2N2/c11-8-3-1-2-6-4-7(5-13)14-10(12)9(6)8/h1-4H. The summed E-state index contributed by atoms with van der Waals surface area (Å²) in [6, 6.07) is 8.99. The van der Waals surface area contributed by atoms with Gasteiger partial charge in [0, 0.05) is 5.39 Å². The van der Waals surface area contributed by atoms with Crippen LogP contribution in [0.25, 0.3) is 10.8 Å². The molecule has 2 aromatic rings. The molecule has 2 nitrogen and oxygen atoms in total. The lowest BCUT2D eigenvalue weighted by Gasteiger charge is -2.01. The van der Waals surface area contributed by atoms with E-state index in [1.165, 1.54) is 0 Å². The van der Waals surface area contributed by atoms with Crippen LogP contribution in [-0.4, -0.2) is 4.98 Å². The lowest BCUT2D eigenvalue weighted by atomic mass is 10.1. The second-order valence-electron chi connectivity index (χ2n) is 2.75. The number of rotatable bonds is 0. The van der Waals surface area contributed by atoms with E-state index in [0.29, 0.717) is 16.1 Å². The minimum Gasteiger partial charge on any atom is -0.225 e. The van der Waals surface area contributed by atoms with Crippen LogP contribution in [0.3, 0.4) is 0 Å². The molecule has 0 aliphatic heterocycles. The predicted octanol–water partition coefficient (Wildman–Crippen LogP) is 3.41. The average molecular weight is 223 g/mol. The van der Waals surface area contributed by atoms with Crippen LogP contribution >= 0.6 is 23.2 Å². The van der Waals surface area contributed by atoms with Gasteiger partial charge in [0.15, 0.2) is 0 Å². The van der Waals surface area contributed by atoms with E-state index in [1.54, 1.807) is 12.1 Å². The lowest BCUT2D eigenvalue weighted by Crippen LogP contribution is -1.85. The van der Waals surface area contributed by atoms with Gasteiger partial charge in [0.25, 0.3) is 0 Å². The highest BCUT2D eigenvalue weighted by atomic mass is 35.5. The van der Waals surface area contributed by atoms with Gasteiger partial charge in [-0.2, -0.15) is 5.26 Å². The third-order valence-corrected chi connectivity index (χ3v) is 2.47. The topological polar surface area (TPSA) is 36.7 Å². The summed E-state index contributed by atoms with van der Waals surface area (Å²) in [6.07, 6.45) is 0. The first-order valence-corrected chi connectivity index (χ1v) is 4.63.